The number of nitro groups is 1. The molecule has 1 saturated heterocycles. The Hall–Kier alpha value is -4.46. The van der Waals surface area contributed by atoms with Crippen LogP contribution in [-0.4, -0.2) is 26.8 Å². The van der Waals surface area contributed by atoms with E-state index in [1.54, 1.807) is 30.3 Å². The largest absolute Gasteiger partial charge is 0.508 e. The molecule has 2 N–H and O–H groups in total. The van der Waals surface area contributed by atoms with E-state index in [0.717, 1.165) is 0 Å². The quantitative estimate of drug-likeness (QED) is 0.219. The highest BCUT2D eigenvalue weighted by molar-refractivity contribution is 6.51. The first-order valence-electron chi connectivity index (χ1n) is 9.28. The predicted octanol–water partition coefficient (Wildman–Crippen LogP) is 3.93. The van der Waals surface area contributed by atoms with Crippen LogP contribution in [0.4, 0.5) is 11.4 Å². The molecule has 0 spiro atoms. The maximum atomic E-state index is 13.0. The lowest BCUT2D eigenvalue weighted by Gasteiger charge is -2.25. The summed E-state index contributed by atoms with van der Waals surface area (Å²) in [5.74, 6) is -2.09. The first-order chi connectivity index (χ1) is 14.9. The van der Waals surface area contributed by atoms with E-state index < -0.39 is 22.7 Å². The second-order valence-corrected chi connectivity index (χ2v) is 6.90. The molecule has 1 aliphatic rings. The Bertz CT molecular complexity index is 1200. The summed E-state index contributed by atoms with van der Waals surface area (Å²) >= 11 is 0. The van der Waals surface area contributed by atoms with Crippen LogP contribution in [0.1, 0.15) is 17.2 Å². The van der Waals surface area contributed by atoms with E-state index >= 15 is 0 Å². The number of carbonyl (C=O) groups is 2. The SMILES string of the molecule is O=C1C(=O)N(c2ccc(O)cc2)[C@H](c2ccc([N+](=O)[O-])cc2)C1=C(O)c1ccccc1. The van der Waals surface area contributed by atoms with Gasteiger partial charge in [0.25, 0.3) is 17.4 Å². The number of non-ortho nitro benzene ring substituents is 1. The van der Waals surface area contributed by atoms with Crippen LogP contribution >= 0.6 is 0 Å². The first kappa shape index (κ1) is 19.8. The van der Waals surface area contributed by atoms with Gasteiger partial charge in [0.05, 0.1) is 16.5 Å². The molecule has 0 aromatic heterocycles. The fourth-order valence-electron chi connectivity index (χ4n) is 3.56. The monoisotopic (exact) mass is 416 g/mol. The molecule has 1 heterocycles. The zero-order valence-electron chi connectivity index (χ0n) is 16.0. The van der Waals surface area contributed by atoms with Gasteiger partial charge in [0.1, 0.15) is 11.5 Å². The highest BCUT2D eigenvalue weighted by Gasteiger charge is 2.47. The van der Waals surface area contributed by atoms with Gasteiger partial charge in [0.15, 0.2) is 0 Å². The van der Waals surface area contributed by atoms with Crippen molar-refractivity contribution in [1.82, 2.24) is 0 Å². The molecule has 8 heteroatoms. The third-order valence-electron chi connectivity index (χ3n) is 5.04. The van der Waals surface area contributed by atoms with Crippen molar-refractivity contribution in [2.75, 3.05) is 4.90 Å². The summed E-state index contributed by atoms with van der Waals surface area (Å²) in [6.07, 6.45) is 0. The Balaban J connectivity index is 1.93. The van der Waals surface area contributed by atoms with Crippen molar-refractivity contribution in [3.8, 4) is 5.75 Å². The van der Waals surface area contributed by atoms with E-state index in [-0.39, 0.29) is 22.8 Å². The average molecular weight is 416 g/mol. The summed E-state index contributed by atoms with van der Waals surface area (Å²) in [6, 6.07) is 18.5. The molecule has 1 atom stereocenters. The normalized spacial score (nSPS) is 17.7. The summed E-state index contributed by atoms with van der Waals surface area (Å²) in [6.45, 7) is 0. The molecular formula is C23H16N2O6. The summed E-state index contributed by atoms with van der Waals surface area (Å²) < 4.78 is 0. The van der Waals surface area contributed by atoms with E-state index in [1.807, 2.05) is 0 Å². The molecule has 0 saturated carbocycles. The standard InChI is InChI=1S/C23H16N2O6/c26-18-12-10-16(11-13-18)24-20(14-6-8-17(9-7-14)25(30)31)19(22(28)23(24)29)21(27)15-4-2-1-3-5-15/h1-13,20,26-27H/t20-/m1/s1. The van der Waals surface area contributed by atoms with Crippen LogP contribution in [-0.2, 0) is 9.59 Å². The third-order valence-corrected chi connectivity index (χ3v) is 5.04. The van der Waals surface area contributed by atoms with Crippen molar-refractivity contribution in [1.29, 1.82) is 0 Å². The number of carbonyl (C=O) groups excluding carboxylic acids is 2. The number of nitro benzene ring substituents is 1. The molecule has 0 bridgehead atoms. The fourth-order valence-corrected chi connectivity index (χ4v) is 3.56. The van der Waals surface area contributed by atoms with Crippen LogP contribution in [0.5, 0.6) is 5.75 Å². The molecule has 0 radical (unpaired) electrons. The molecule has 8 nitrogen and oxygen atoms in total. The number of anilines is 1. The van der Waals surface area contributed by atoms with Gasteiger partial charge in [-0.3, -0.25) is 24.6 Å². The summed E-state index contributed by atoms with van der Waals surface area (Å²) in [5.41, 5.74) is 0.829. The molecule has 1 aliphatic heterocycles. The first-order valence-corrected chi connectivity index (χ1v) is 9.28. The molecule has 3 aromatic rings. The number of hydrogen-bond acceptors (Lipinski definition) is 6. The number of hydrogen-bond donors (Lipinski definition) is 2. The van der Waals surface area contributed by atoms with Gasteiger partial charge in [-0.05, 0) is 42.0 Å². The summed E-state index contributed by atoms with van der Waals surface area (Å²) in [5, 5.41) is 31.5. The van der Waals surface area contributed by atoms with E-state index in [1.165, 1.54) is 53.4 Å². The van der Waals surface area contributed by atoms with Crippen LogP contribution < -0.4 is 4.90 Å². The zero-order chi connectivity index (χ0) is 22.1. The van der Waals surface area contributed by atoms with Crippen molar-refractivity contribution in [2.24, 2.45) is 0 Å². The predicted molar refractivity (Wildman–Crippen MR) is 112 cm³/mol. The minimum Gasteiger partial charge on any atom is -0.508 e. The number of aliphatic hydroxyl groups is 1. The number of nitrogens with zero attached hydrogens (tertiary/aromatic N) is 2. The van der Waals surface area contributed by atoms with Gasteiger partial charge in [0, 0.05) is 23.4 Å². The Labute approximate surface area is 176 Å². The third kappa shape index (κ3) is 3.51. The number of Topliss-reactive ketones (excluding diaryl/α,β-unsaturated/α-hetero) is 1. The number of rotatable bonds is 4. The minimum atomic E-state index is -1.01. The topological polar surface area (TPSA) is 121 Å². The van der Waals surface area contributed by atoms with Crippen LogP contribution in [0, 0.1) is 10.1 Å². The van der Waals surface area contributed by atoms with Gasteiger partial charge in [0.2, 0.25) is 0 Å². The maximum Gasteiger partial charge on any atom is 0.300 e. The van der Waals surface area contributed by atoms with Crippen LogP contribution in [0.25, 0.3) is 5.76 Å². The second kappa shape index (κ2) is 7.75. The lowest BCUT2D eigenvalue weighted by Crippen LogP contribution is -2.29. The van der Waals surface area contributed by atoms with Gasteiger partial charge in [-0.1, -0.05) is 30.3 Å². The van der Waals surface area contributed by atoms with Crippen LogP contribution in [0.2, 0.25) is 0 Å². The van der Waals surface area contributed by atoms with Crippen LogP contribution in [0.3, 0.4) is 0 Å². The molecule has 154 valence electrons. The van der Waals surface area contributed by atoms with E-state index in [4.69, 9.17) is 0 Å². The lowest BCUT2D eigenvalue weighted by molar-refractivity contribution is -0.384. The molecule has 1 amide bonds. The Kier molecular flexibility index (Phi) is 4.96. The number of phenolic OH excluding ortho intramolecular Hbond substituents is 1. The smallest absolute Gasteiger partial charge is 0.300 e. The van der Waals surface area contributed by atoms with Crippen molar-refractivity contribution < 1.29 is 24.7 Å². The van der Waals surface area contributed by atoms with Crippen molar-refractivity contribution >= 4 is 28.8 Å². The maximum absolute atomic E-state index is 13.0. The van der Waals surface area contributed by atoms with Crippen molar-refractivity contribution in [3.63, 3.8) is 0 Å². The number of amides is 1. The van der Waals surface area contributed by atoms with Crippen LogP contribution in [0.15, 0.2) is 84.4 Å². The van der Waals surface area contributed by atoms with Gasteiger partial charge in [-0.2, -0.15) is 0 Å². The number of benzene rings is 3. The van der Waals surface area contributed by atoms with E-state index in [0.29, 0.717) is 16.8 Å². The Morgan fingerprint density at radius 3 is 2.10 bits per heavy atom. The summed E-state index contributed by atoms with van der Waals surface area (Å²) in [4.78, 5) is 37.6. The van der Waals surface area contributed by atoms with Gasteiger partial charge < -0.3 is 10.2 Å². The number of ketones is 1. The van der Waals surface area contributed by atoms with Gasteiger partial charge >= 0.3 is 0 Å². The highest BCUT2D eigenvalue weighted by atomic mass is 16.6. The Morgan fingerprint density at radius 2 is 1.52 bits per heavy atom. The fraction of sp³-hybridized carbons (Fsp3) is 0.0435. The second-order valence-electron chi connectivity index (χ2n) is 6.90. The van der Waals surface area contributed by atoms with Crippen molar-refractivity contribution in [3.05, 3.63) is 106 Å². The average Bonchev–Trinajstić information content (AvgIpc) is 3.05. The van der Waals surface area contributed by atoms with Gasteiger partial charge in [-0.15, -0.1) is 0 Å². The minimum absolute atomic E-state index is 0.0171. The molecule has 0 aliphatic carbocycles. The Morgan fingerprint density at radius 1 is 0.903 bits per heavy atom. The van der Waals surface area contributed by atoms with E-state index in [9.17, 15) is 29.9 Å². The number of aromatic hydroxyl groups is 1. The van der Waals surface area contributed by atoms with Gasteiger partial charge in [-0.25, -0.2) is 0 Å². The van der Waals surface area contributed by atoms with Crippen molar-refractivity contribution in [2.45, 2.75) is 6.04 Å². The lowest BCUT2D eigenvalue weighted by atomic mass is 9.95. The summed E-state index contributed by atoms with van der Waals surface area (Å²) in [7, 11) is 0. The number of aliphatic hydroxyl groups excluding tert-OH is 1. The zero-order valence-corrected chi connectivity index (χ0v) is 16.0. The molecule has 0 unspecified atom stereocenters. The molecule has 3 aromatic carbocycles. The molecule has 31 heavy (non-hydrogen) atoms. The molecule has 1 fully saturated rings. The van der Waals surface area contributed by atoms with E-state index in [2.05, 4.69) is 0 Å². The molecule has 4 rings (SSSR count). The highest BCUT2D eigenvalue weighted by Crippen LogP contribution is 2.42. The molecular weight excluding hydrogens is 400 g/mol. The number of phenols is 1.